The van der Waals surface area contributed by atoms with E-state index < -0.39 is 0 Å². The summed E-state index contributed by atoms with van der Waals surface area (Å²) in [5.41, 5.74) is 1.80. The largest absolute Gasteiger partial charge is 0.378 e. The molecule has 1 fully saturated rings. The number of morpholine rings is 1. The predicted octanol–water partition coefficient (Wildman–Crippen LogP) is 0.643. The van der Waals surface area contributed by atoms with E-state index in [2.05, 4.69) is 20.7 Å². The molecule has 2 N–H and O–H groups in total. The normalized spacial score (nSPS) is 18.1. The van der Waals surface area contributed by atoms with Crippen molar-refractivity contribution in [2.45, 2.75) is 19.0 Å². The summed E-state index contributed by atoms with van der Waals surface area (Å²) in [6.45, 7) is 2.65. The van der Waals surface area contributed by atoms with Crippen molar-refractivity contribution < 1.29 is 9.53 Å². The van der Waals surface area contributed by atoms with Crippen LogP contribution in [-0.2, 0) is 16.1 Å². The van der Waals surface area contributed by atoms with Crippen molar-refractivity contribution in [2.24, 2.45) is 0 Å². The molecule has 1 unspecified atom stereocenters. The molecule has 2 aromatic rings. The Bertz CT molecular complexity index is 608. The van der Waals surface area contributed by atoms with Gasteiger partial charge in [-0.1, -0.05) is 18.2 Å². The highest BCUT2D eigenvalue weighted by Gasteiger charge is 2.17. The van der Waals surface area contributed by atoms with Gasteiger partial charge in [0.2, 0.25) is 5.91 Å². The maximum absolute atomic E-state index is 12.2. The van der Waals surface area contributed by atoms with E-state index in [4.69, 9.17) is 4.74 Å². The second kappa shape index (κ2) is 7.15. The van der Waals surface area contributed by atoms with Crippen LogP contribution in [0.25, 0.3) is 0 Å². The summed E-state index contributed by atoms with van der Waals surface area (Å²) < 4.78 is 7.09. The van der Waals surface area contributed by atoms with Crippen molar-refractivity contribution in [1.82, 2.24) is 20.1 Å². The Kier molecular flexibility index (Phi) is 4.77. The van der Waals surface area contributed by atoms with Crippen molar-refractivity contribution in [3.05, 3.63) is 42.5 Å². The van der Waals surface area contributed by atoms with E-state index >= 15 is 0 Å². The van der Waals surface area contributed by atoms with E-state index in [0.717, 1.165) is 17.8 Å². The lowest BCUT2D eigenvalue weighted by molar-refractivity contribution is -0.117. The molecule has 0 aliphatic carbocycles. The molecule has 116 valence electrons. The standard InChI is InChI=1S/C15H19N5O2/c21-15(7-13-9-22-6-5-17-13)19-14-4-2-1-3-12(14)8-20-11-16-10-18-20/h1-4,10-11,13,17H,5-9H2,(H,19,21). The highest BCUT2D eigenvalue weighted by molar-refractivity contribution is 5.91. The zero-order chi connectivity index (χ0) is 15.2. The molecule has 2 heterocycles. The lowest BCUT2D eigenvalue weighted by Gasteiger charge is -2.23. The van der Waals surface area contributed by atoms with Crippen molar-refractivity contribution in [3.8, 4) is 0 Å². The van der Waals surface area contributed by atoms with Gasteiger partial charge in [0.05, 0.1) is 19.8 Å². The monoisotopic (exact) mass is 301 g/mol. The van der Waals surface area contributed by atoms with Crippen LogP contribution in [0.5, 0.6) is 0 Å². The van der Waals surface area contributed by atoms with Crippen LogP contribution >= 0.6 is 0 Å². The van der Waals surface area contributed by atoms with Crippen LogP contribution in [0.1, 0.15) is 12.0 Å². The number of rotatable bonds is 5. The molecular weight excluding hydrogens is 282 g/mol. The smallest absolute Gasteiger partial charge is 0.226 e. The first-order valence-corrected chi connectivity index (χ1v) is 7.32. The summed E-state index contributed by atoms with van der Waals surface area (Å²) in [6, 6.07) is 7.80. The van der Waals surface area contributed by atoms with Crippen molar-refractivity contribution in [2.75, 3.05) is 25.1 Å². The van der Waals surface area contributed by atoms with E-state index in [0.29, 0.717) is 26.2 Å². The number of aromatic nitrogens is 3. The number of nitrogens with zero attached hydrogens (tertiary/aromatic N) is 3. The molecule has 3 rings (SSSR count). The van der Waals surface area contributed by atoms with Crippen LogP contribution in [0.2, 0.25) is 0 Å². The Hall–Kier alpha value is -2.25. The number of ether oxygens (including phenoxy) is 1. The van der Waals surface area contributed by atoms with Gasteiger partial charge in [0, 0.05) is 24.7 Å². The molecular formula is C15H19N5O2. The summed E-state index contributed by atoms with van der Waals surface area (Å²) in [7, 11) is 0. The number of para-hydroxylation sites is 1. The van der Waals surface area contributed by atoms with Crippen LogP contribution in [0.4, 0.5) is 5.69 Å². The SMILES string of the molecule is O=C(CC1COCCN1)Nc1ccccc1Cn1cncn1. The molecule has 0 radical (unpaired) electrons. The van der Waals surface area contributed by atoms with E-state index in [1.165, 1.54) is 6.33 Å². The molecule has 1 amide bonds. The molecule has 0 bridgehead atoms. The molecule has 0 spiro atoms. The summed E-state index contributed by atoms with van der Waals surface area (Å²) in [5, 5.41) is 10.3. The second-order valence-electron chi connectivity index (χ2n) is 5.23. The molecule has 1 aromatic carbocycles. The molecule has 1 saturated heterocycles. The van der Waals surface area contributed by atoms with Crippen molar-refractivity contribution >= 4 is 11.6 Å². The van der Waals surface area contributed by atoms with E-state index in [-0.39, 0.29) is 11.9 Å². The van der Waals surface area contributed by atoms with Gasteiger partial charge in [0.1, 0.15) is 12.7 Å². The molecule has 7 nitrogen and oxygen atoms in total. The van der Waals surface area contributed by atoms with Gasteiger partial charge in [-0.25, -0.2) is 9.67 Å². The Morgan fingerprint density at radius 3 is 3.14 bits per heavy atom. The van der Waals surface area contributed by atoms with Crippen LogP contribution in [0.3, 0.4) is 0 Å². The number of nitrogens with one attached hydrogen (secondary N) is 2. The summed E-state index contributed by atoms with van der Waals surface area (Å²) in [6.07, 6.45) is 3.55. The fourth-order valence-electron chi connectivity index (χ4n) is 2.44. The molecule has 1 aliphatic heterocycles. The third-order valence-corrected chi connectivity index (χ3v) is 3.52. The average molecular weight is 301 g/mol. The zero-order valence-corrected chi connectivity index (χ0v) is 12.2. The fraction of sp³-hybridized carbons (Fsp3) is 0.400. The molecule has 22 heavy (non-hydrogen) atoms. The Balaban J connectivity index is 1.62. The number of carbonyl (C=O) groups is 1. The van der Waals surface area contributed by atoms with Crippen molar-refractivity contribution in [3.63, 3.8) is 0 Å². The number of benzene rings is 1. The molecule has 0 saturated carbocycles. The van der Waals surface area contributed by atoms with Gasteiger partial charge in [-0.05, 0) is 11.6 Å². The average Bonchev–Trinajstić information content (AvgIpc) is 3.03. The first kappa shape index (κ1) is 14.7. The minimum atomic E-state index is -0.0194. The highest BCUT2D eigenvalue weighted by Crippen LogP contribution is 2.16. The van der Waals surface area contributed by atoms with E-state index in [9.17, 15) is 4.79 Å². The van der Waals surface area contributed by atoms with Gasteiger partial charge in [0.25, 0.3) is 0 Å². The van der Waals surface area contributed by atoms with Gasteiger partial charge < -0.3 is 15.4 Å². The second-order valence-corrected chi connectivity index (χ2v) is 5.23. The summed E-state index contributed by atoms with van der Waals surface area (Å²) in [5.74, 6) is -0.0194. The molecule has 1 aromatic heterocycles. The lowest BCUT2D eigenvalue weighted by Crippen LogP contribution is -2.43. The molecule has 1 atom stereocenters. The van der Waals surface area contributed by atoms with Gasteiger partial charge >= 0.3 is 0 Å². The molecule has 7 heteroatoms. The van der Waals surface area contributed by atoms with Gasteiger partial charge in [-0.15, -0.1) is 0 Å². The zero-order valence-electron chi connectivity index (χ0n) is 12.2. The van der Waals surface area contributed by atoms with Gasteiger partial charge in [0.15, 0.2) is 0 Å². The first-order chi connectivity index (χ1) is 10.8. The topological polar surface area (TPSA) is 81.1 Å². The maximum Gasteiger partial charge on any atom is 0.226 e. The third-order valence-electron chi connectivity index (χ3n) is 3.52. The third kappa shape index (κ3) is 3.90. The number of hydrogen-bond donors (Lipinski definition) is 2. The highest BCUT2D eigenvalue weighted by atomic mass is 16.5. The minimum Gasteiger partial charge on any atom is -0.378 e. The van der Waals surface area contributed by atoms with Crippen LogP contribution in [0, 0.1) is 0 Å². The van der Waals surface area contributed by atoms with Crippen LogP contribution in [0.15, 0.2) is 36.9 Å². The first-order valence-electron chi connectivity index (χ1n) is 7.32. The lowest BCUT2D eigenvalue weighted by atomic mass is 10.1. The van der Waals surface area contributed by atoms with Gasteiger partial charge in [-0.3, -0.25) is 4.79 Å². The molecule has 1 aliphatic rings. The number of carbonyl (C=O) groups excluding carboxylic acids is 1. The van der Waals surface area contributed by atoms with Gasteiger partial charge in [-0.2, -0.15) is 5.10 Å². The number of hydrogen-bond acceptors (Lipinski definition) is 5. The van der Waals surface area contributed by atoms with E-state index in [1.807, 2.05) is 24.3 Å². The number of amides is 1. The van der Waals surface area contributed by atoms with Crippen LogP contribution in [-0.4, -0.2) is 46.5 Å². The van der Waals surface area contributed by atoms with Crippen molar-refractivity contribution in [1.29, 1.82) is 0 Å². The summed E-state index contributed by atoms with van der Waals surface area (Å²) >= 11 is 0. The minimum absolute atomic E-state index is 0.0194. The Morgan fingerprint density at radius 2 is 2.36 bits per heavy atom. The summed E-state index contributed by atoms with van der Waals surface area (Å²) in [4.78, 5) is 16.1. The van der Waals surface area contributed by atoms with Crippen LogP contribution < -0.4 is 10.6 Å². The van der Waals surface area contributed by atoms with E-state index in [1.54, 1.807) is 11.0 Å². The Labute approximate surface area is 128 Å². The Morgan fingerprint density at radius 1 is 1.45 bits per heavy atom. The number of anilines is 1. The fourth-order valence-corrected chi connectivity index (χ4v) is 2.44. The maximum atomic E-state index is 12.2. The predicted molar refractivity (Wildman–Crippen MR) is 81.4 cm³/mol. The quantitative estimate of drug-likeness (QED) is 0.847.